The van der Waals surface area contributed by atoms with Crippen LogP contribution in [0, 0.1) is 6.92 Å². The molecule has 3 aromatic heterocycles. The molecule has 1 saturated heterocycles. The van der Waals surface area contributed by atoms with Gasteiger partial charge in [-0.15, -0.1) is 0 Å². The lowest BCUT2D eigenvalue weighted by Crippen LogP contribution is -2.29. The summed E-state index contributed by atoms with van der Waals surface area (Å²) in [5.74, 6) is 2.96. The maximum Gasteiger partial charge on any atom is 0.156 e. The van der Waals surface area contributed by atoms with Crippen molar-refractivity contribution in [3.05, 3.63) is 53.9 Å². The first-order valence-electron chi connectivity index (χ1n) is 9.32. The van der Waals surface area contributed by atoms with Gasteiger partial charge in [-0.2, -0.15) is 0 Å². The van der Waals surface area contributed by atoms with Gasteiger partial charge in [0.2, 0.25) is 0 Å². The third-order valence-electron chi connectivity index (χ3n) is 4.88. The molecule has 4 rings (SSSR count). The second-order valence-electron chi connectivity index (χ2n) is 7.01. The Labute approximate surface area is 158 Å². The van der Waals surface area contributed by atoms with E-state index in [1.54, 1.807) is 12.4 Å². The lowest BCUT2D eigenvalue weighted by Gasteiger charge is -2.24. The summed E-state index contributed by atoms with van der Waals surface area (Å²) in [6, 6.07) is 7.91. The van der Waals surface area contributed by atoms with Crippen molar-refractivity contribution in [2.45, 2.75) is 32.2 Å². The largest absolute Gasteiger partial charge is 0.359 e. The summed E-state index contributed by atoms with van der Waals surface area (Å²) in [5.41, 5.74) is 2.92. The summed E-state index contributed by atoms with van der Waals surface area (Å²) in [6.07, 6.45) is 5.86. The first-order valence-corrected chi connectivity index (χ1v) is 9.32. The van der Waals surface area contributed by atoms with E-state index in [4.69, 9.17) is 4.52 Å². The summed E-state index contributed by atoms with van der Waals surface area (Å²) in [4.78, 5) is 15.4. The van der Waals surface area contributed by atoms with Crippen LogP contribution in [0.5, 0.6) is 0 Å². The summed E-state index contributed by atoms with van der Waals surface area (Å²) >= 11 is 0. The Morgan fingerprint density at radius 3 is 2.85 bits per heavy atom. The maximum atomic E-state index is 5.52. The number of aryl methyl sites for hydroxylation is 1. The van der Waals surface area contributed by atoms with Crippen LogP contribution in [0.3, 0.4) is 0 Å². The fourth-order valence-electron chi connectivity index (χ4n) is 3.44. The number of hydrogen-bond donors (Lipinski definition) is 1. The monoisotopic (exact) mass is 364 g/mol. The van der Waals surface area contributed by atoms with E-state index in [0.29, 0.717) is 12.5 Å². The standard InChI is InChI=1S/C20H24N6O/c1-14-23-18(16-4-3-7-22-12-16)11-20(24-14)26(2)13-17-10-19(25-27-17)15-5-8-21-9-6-15/h5-6,8-11,16,22H,3-4,7,12-13H2,1-2H3/t16-/m0/s1. The quantitative estimate of drug-likeness (QED) is 0.745. The van der Waals surface area contributed by atoms with Gasteiger partial charge in [-0.05, 0) is 38.4 Å². The molecule has 1 fully saturated rings. The van der Waals surface area contributed by atoms with Crippen molar-refractivity contribution in [2.75, 3.05) is 25.0 Å². The van der Waals surface area contributed by atoms with E-state index in [1.807, 2.05) is 32.2 Å². The van der Waals surface area contributed by atoms with Crippen LogP contribution in [0.4, 0.5) is 5.82 Å². The normalized spacial score (nSPS) is 17.0. The molecule has 4 heterocycles. The lowest BCUT2D eigenvalue weighted by molar-refractivity contribution is 0.384. The molecule has 3 aromatic rings. The maximum absolute atomic E-state index is 5.52. The molecule has 0 radical (unpaired) electrons. The molecular formula is C20H24N6O. The second kappa shape index (κ2) is 7.84. The summed E-state index contributed by atoms with van der Waals surface area (Å²) in [6.45, 7) is 4.62. The van der Waals surface area contributed by atoms with Crippen LogP contribution in [0.1, 0.15) is 36.0 Å². The number of piperidine rings is 1. The fraction of sp³-hybridized carbons (Fsp3) is 0.400. The van der Waals surface area contributed by atoms with Gasteiger partial charge in [-0.1, -0.05) is 5.16 Å². The molecule has 7 heteroatoms. The number of hydrogen-bond acceptors (Lipinski definition) is 7. The molecule has 140 valence electrons. The van der Waals surface area contributed by atoms with E-state index in [-0.39, 0.29) is 0 Å². The van der Waals surface area contributed by atoms with Gasteiger partial charge >= 0.3 is 0 Å². The molecule has 1 aliphatic heterocycles. The summed E-state index contributed by atoms with van der Waals surface area (Å²) in [7, 11) is 2.01. The number of anilines is 1. The molecule has 0 bridgehead atoms. The summed E-state index contributed by atoms with van der Waals surface area (Å²) < 4.78 is 5.52. The third-order valence-corrected chi connectivity index (χ3v) is 4.88. The van der Waals surface area contributed by atoms with Gasteiger partial charge in [0.25, 0.3) is 0 Å². The van der Waals surface area contributed by atoms with Crippen LogP contribution in [-0.2, 0) is 6.54 Å². The minimum absolute atomic E-state index is 0.455. The van der Waals surface area contributed by atoms with Gasteiger partial charge in [0.15, 0.2) is 5.76 Å². The molecule has 0 spiro atoms. The Morgan fingerprint density at radius 2 is 2.07 bits per heavy atom. The molecule has 0 saturated carbocycles. The highest BCUT2D eigenvalue weighted by molar-refractivity contribution is 5.57. The van der Waals surface area contributed by atoms with Crippen LogP contribution in [-0.4, -0.2) is 40.2 Å². The van der Waals surface area contributed by atoms with E-state index in [9.17, 15) is 0 Å². The zero-order valence-electron chi connectivity index (χ0n) is 15.7. The highest BCUT2D eigenvalue weighted by Crippen LogP contribution is 2.25. The number of rotatable bonds is 5. The van der Waals surface area contributed by atoms with Gasteiger partial charge in [-0.25, -0.2) is 9.97 Å². The Morgan fingerprint density at radius 1 is 1.22 bits per heavy atom. The first-order chi connectivity index (χ1) is 13.2. The molecule has 1 N–H and O–H groups in total. The molecule has 7 nitrogen and oxygen atoms in total. The van der Waals surface area contributed by atoms with E-state index in [0.717, 1.165) is 47.4 Å². The molecule has 0 aromatic carbocycles. The average molecular weight is 364 g/mol. The van der Waals surface area contributed by atoms with Crippen LogP contribution in [0.25, 0.3) is 11.3 Å². The number of nitrogens with zero attached hydrogens (tertiary/aromatic N) is 5. The van der Waals surface area contributed by atoms with Crippen molar-refractivity contribution in [3.63, 3.8) is 0 Å². The van der Waals surface area contributed by atoms with Crippen LogP contribution in [0.2, 0.25) is 0 Å². The minimum atomic E-state index is 0.455. The van der Waals surface area contributed by atoms with Crippen LogP contribution in [0.15, 0.2) is 41.2 Å². The highest BCUT2D eigenvalue weighted by Gasteiger charge is 2.19. The average Bonchev–Trinajstić information content (AvgIpc) is 3.17. The molecule has 1 atom stereocenters. The van der Waals surface area contributed by atoms with Gasteiger partial charge in [0, 0.05) is 49.6 Å². The predicted molar refractivity (Wildman–Crippen MR) is 103 cm³/mol. The zero-order valence-corrected chi connectivity index (χ0v) is 15.7. The van der Waals surface area contributed by atoms with Crippen LogP contribution < -0.4 is 10.2 Å². The fourth-order valence-corrected chi connectivity index (χ4v) is 3.44. The van der Waals surface area contributed by atoms with Crippen molar-refractivity contribution < 1.29 is 4.52 Å². The molecule has 0 amide bonds. The van der Waals surface area contributed by atoms with Crippen molar-refractivity contribution in [1.82, 2.24) is 25.4 Å². The van der Waals surface area contributed by atoms with Gasteiger partial charge in [0.05, 0.1) is 12.2 Å². The zero-order chi connectivity index (χ0) is 18.6. The van der Waals surface area contributed by atoms with Crippen molar-refractivity contribution >= 4 is 5.82 Å². The first kappa shape index (κ1) is 17.6. The van der Waals surface area contributed by atoms with Gasteiger partial charge < -0.3 is 14.7 Å². The van der Waals surface area contributed by atoms with Crippen LogP contribution >= 0.6 is 0 Å². The van der Waals surface area contributed by atoms with E-state index >= 15 is 0 Å². The molecule has 27 heavy (non-hydrogen) atoms. The van der Waals surface area contributed by atoms with E-state index in [2.05, 4.69) is 36.4 Å². The van der Waals surface area contributed by atoms with Gasteiger partial charge in [0.1, 0.15) is 17.3 Å². The van der Waals surface area contributed by atoms with E-state index < -0.39 is 0 Å². The molecule has 0 aliphatic carbocycles. The third kappa shape index (κ3) is 4.14. The van der Waals surface area contributed by atoms with Gasteiger partial charge in [-0.3, -0.25) is 4.98 Å². The predicted octanol–water partition coefficient (Wildman–Crippen LogP) is 2.94. The smallest absolute Gasteiger partial charge is 0.156 e. The Hall–Kier alpha value is -2.80. The molecular weight excluding hydrogens is 340 g/mol. The topological polar surface area (TPSA) is 80.0 Å². The molecule has 0 unspecified atom stereocenters. The number of aromatic nitrogens is 4. The lowest BCUT2D eigenvalue weighted by atomic mass is 9.96. The minimum Gasteiger partial charge on any atom is -0.359 e. The SMILES string of the molecule is Cc1nc([C@H]2CCCNC2)cc(N(C)Cc2cc(-c3ccncc3)no2)n1. The Kier molecular flexibility index (Phi) is 5.11. The van der Waals surface area contributed by atoms with Crippen molar-refractivity contribution in [3.8, 4) is 11.3 Å². The molecule has 1 aliphatic rings. The summed E-state index contributed by atoms with van der Waals surface area (Å²) in [5, 5.41) is 7.63. The Bertz CT molecular complexity index is 888. The highest BCUT2D eigenvalue weighted by atomic mass is 16.5. The second-order valence-corrected chi connectivity index (χ2v) is 7.01. The Balaban J connectivity index is 1.50. The van der Waals surface area contributed by atoms with E-state index in [1.165, 1.54) is 12.8 Å². The number of nitrogens with one attached hydrogen (secondary N) is 1. The van der Waals surface area contributed by atoms with Crippen molar-refractivity contribution in [1.29, 1.82) is 0 Å². The van der Waals surface area contributed by atoms with Crippen molar-refractivity contribution in [2.24, 2.45) is 0 Å². The number of pyridine rings is 1.